The summed E-state index contributed by atoms with van der Waals surface area (Å²) in [7, 11) is 0. The Morgan fingerprint density at radius 1 is 1.31 bits per heavy atom. The number of nitrogens with one attached hydrogen (secondary N) is 2. The maximum absolute atomic E-state index is 12.1. The summed E-state index contributed by atoms with van der Waals surface area (Å²) in [5, 5.41) is 2.89. The van der Waals surface area contributed by atoms with Gasteiger partial charge in [-0.15, -0.1) is 0 Å². The first-order valence-corrected chi connectivity index (χ1v) is 8.76. The van der Waals surface area contributed by atoms with Crippen LogP contribution in [0.15, 0.2) is 41.6 Å². The van der Waals surface area contributed by atoms with Crippen molar-refractivity contribution >= 4 is 16.9 Å². The average molecular weight is 353 g/mol. The molecule has 2 aromatic heterocycles. The minimum absolute atomic E-state index is 0.114. The van der Waals surface area contributed by atoms with Crippen LogP contribution in [0.4, 0.5) is 0 Å². The fourth-order valence-electron chi connectivity index (χ4n) is 2.80. The van der Waals surface area contributed by atoms with E-state index in [9.17, 15) is 9.59 Å². The predicted octanol–water partition coefficient (Wildman–Crippen LogP) is 2.02. The Hall–Kier alpha value is -2.96. The van der Waals surface area contributed by atoms with Crippen LogP contribution < -0.4 is 10.9 Å². The second kappa shape index (κ2) is 7.95. The van der Waals surface area contributed by atoms with Gasteiger partial charge in [0.2, 0.25) is 5.91 Å². The summed E-state index contributed by atoms with van der Waals surface area (Å²) in [6, 6.07) is 7.35. The molecule has 0 saturated heterocycles. The lowest BCUT2D eigenvalue weighted by Gasteiger charge is -2.11. The highest BCUT2D eigenvalue weighted by molar-refractivity contribution is 5.76. The molecule has 7 nitrogen and oxygen atoms in total. The molecule has 0 aliphatic heterocycles. The van der Waals surface area contributed by atoms with Crippen molar-refractivity contribution < 1.29 is 4.79 Å². The molecule has 0 saturated carbocycles. The summed E-state index contributed by atoms with van der Waals surface area (Å²) < 4.78 is 2.04. The molecule has 2 heterocycles. The van der Waals surface area contributed by atoms with Crippen molar-refractivity contribution in [3.63, 3.8) is 0 Å². The monoisotopic (exact) mass is 353 g/mol. The lowest BCUT2D eigenvalue weighted by atomic mass is 10.2. The zero-order valence-corrected chi connectivity index (χ0v) is 15.0. The molecular formula is C19H23N5O2. The number of rotatable bonds is 7. The number of hydrogen-bond donors (Lipinski definition) is 2. The van der Waals surface area contributed by atoms with E-state index in [1.807, 2.05) is 22.8 Å². The van der Waals surface area contributed by atoms with E-state index < -0.39 is 0 Å². The van der Waals surface area contributed by atoms with Gasteiger partial charge in [0.05, 0.1) is 29.6 Å². The third-order valence-corrected chi connectivity index (χ3v) is 4.09. The summed E-state index contributed by atoms with van der Waals surface area (Å²) in [5.74, 6) is 0.390. The smallest absolute Gasteiger partial charge is 0.270 e. The van der Waals surface area contributed by atoms with Crippen LogP contribution in [-0.2, 0) is 24.3 Å². The zero-order chi connectivity index (χ0) is 18.5. The number of aromatic nitrogens is 4. The van der Waals surface area contributed by atoms with E-state index in [2.05, 4.69) is 34.1 Å². The van der Waals surface area contributed by atoms with Crippen LogP contribution in [0.1, 0.15) is 31.7 Å². The summed E-state index contributed by atoms with van der Waals surface area (Å²) in [6.07, 6.45) is 4.06. The molecule has 0 atom stereocenters. The second-order valence-electron chi connectivity index (χ2n) is 6.74. The summed E-state index contributed by atoms with van der Waals surface area (Å²) in [6.45, 7) is 5.56. The first kappa shape index (κ1) is 17.8. The van der Waals surface area contributed by atoms with Gasteiger partial charge in [0.25, 0.3) is 5.56 Å². The molecular weight excluding hydrogens is 330 g/mol. The van der Waals surface area contributed by atoms with Gasteiger partial charge >= 0.3 is 0 Å². The molecule has 3 aromatic rings. The topological polar surface area (TPSA) is 92.7 Å². The standard InChI is InChI=1S/C19H23N5O2/c1-13(2)11-24-12-20-9-14(24)10-21-18(25)8-7-17-19(26)23-16-6-4-3-5-15(16)22-17/h3-6,9,12-13H,7-8,10-11H2,1-2H3,(H,21,25)(H,23,26). The van der Waals surface area contributed by atoms with E-state index >= 15 is 0 Å². The van der Waals surface area contributed by atoms with E-state index in [-0.39, 0.29) is 17.9 Å². The van der Waals surface area contributed by atoms with E-state index in [0.717, 1.165) is 17.8 Å². The molecule has 26 heavy (non-hydrogen) atoms. The second-order valence-corrected chi connectivity index (χ2v) is 6.74. The van der Waals surface area contributed by atoms with Gasteiger partial charge in [-0.1, -0.05) is 26.0 Å². The molecule has 0 aliphatic rings. The molecule has 1 amide bonds. The number of amides is 1. The maximum Gasteiger partial charge on any atom is 0.270 e. The number of H-pyrrole nitrogens is 1. The minimum atomic E-state index is -0.244. The molecule has 0 radical (unpaired) electrons. The van der Waals surface area contributed by atoms with Crippen LogP contribution in [0.25, 0.3) is 11.0 Å². The van der Waals surface area contributed by atoms with Crippen molar-refractivity contribution in [3.8, 4) is 0 Å². The molecule has 7 heteroatoms. The Balaban J connectivity index is 1.57. The third kappa shape index (κ3) is 4.36. The number of imidazole rings is 1. The molecule has 0 aliphatic carbocycles. The number of carbonyl (C=O) groups is 1. The lowest BCUT2D eigenvalue weighted by molar-refractivity contribution is -0.121. The van der Waals surface area contributed by atoms with Gasteiger partial charge in [0, 0.05) is 25.6 Å². The first-order valence-electron chi connectivity index (χ1n) is 8.76. The first-order chi connectivity index (χ1) is 12.5. The molecule has 1 aromatic carbocycles. The van der Waals surface area contributed by atoms with Crippen LogP contribution >= 0.6 is 0 Å². The van der Waals surface area contributed by atoms with Crippen LogP contribution in [-0.4, -0.2) is 25.4 Å². The summed E-state index contributed by atoms with van der Waals surface area (Å²) in [4.78, 5) is 35.5. The van der Waals surface area contributed by atoms with Gasteiger partial charge in [-0.05, 0) is 18.1 Å². The quantitative estimate of drug-likeness (QED) is 0.680. The van der Waals surface area contributed by atoms with Gasteiger partial charge in [0.1, 0.15) is 5.69 Å². The fraction of sp³-hybridized carbons (Fsp3) is 0.368. The van der Waals surface area contributed by atoms with Crippen molar-refractivity contribution in [1.82, 2.24) is 24.8 Å². The Labute approximate surface area is 151 Å². The molecule has 0 fully saturated rings. The predicted molar refractivity (Wildman–Crippen MR) is 99.6 cm³/mol. The maximum atomic E-state index is 12.1. The number of carbonyl (C=O) groups excluding carboxylic acids is 1. The van der Waals surface area contributed by atoms with Gasteiger partial charge in [-0.2, -0.15) is 0 Å². The Bertz CT molecular complexity index is 958. The van der Waals surface area contributed by atoms with E-state index in [1.54, 1.807) is 18.6 Å². The normalized spacial score (nSPS) is 11.2. The molecule has 3 rings (SSSR count). The average Bonchev–Trinajstić information content (AvgIpc) is 3.04. The SMILES string of the molecule is CC(C)Cn1cncc1CNC(=O)CCc1nc2ccccc2[nH]c1=O. The number of nitrogens with zero attached hydrogens (tertiary/aromatic N) is 3. The number of para-hydroxylation sites is 2. The van der Waals surface area contributed by atoms with Crippen LogP contribution in [0.3, 0.4) is 0 Å². The highest BCUT2D eigenvalue weighted by Gasteiger charge is 2.10. The Kier molecular flexibility index (Phi) is 5.46. The zero-order valence-electron chi connectivity index (χ0n) is 15.0. The molecule has 2 N–H and O–H groups in total. The summed E-state index contributed by atoms with van der Waals surface area (Å²) >= 11 is 0. The van der Waals surface area contributed by atoms with Crippen molar-refractivity contribution in [2.75, 3.05) is 0 Å². The number of aryl methyl sites for hydroxylation is 1. The van der Waals surface area contributed by atoms with E-state index in [0.29, 0.717) is 30.1 Å². The molecule has 136 valence electrons. The number of benzene rings is 1. The van der Waals surface area contributed by atoms with E-state index in [4.69, 9.17) is 0 Å². The van der Waals surface area contributed by atoms with Crippen molar-refractivity contribution in [1.29, 1.82) is 0 Å². The van der Waals surface area contributed by atoms with Crippen LogP contribution in [0.5, 0.6) is 0 Å². The fourth-order valence-corrected chi connectivity index (χ4v) is 2.80. The lowest BCUT2D eigenvalue weighted by Crippen LogP contribution is -2.26. The molecule has 0 spiro atoms. The highest BCUT2D eigenvalue weighted by Crippen LogP contribution is 2.07. The Morgan fingerprint density at radius 3 is 2.92 bits per heavy atom. The van der Waals surface area contributed by atoms with Crippen molar-refractivity contribution in [2.45, 2.75) is 39.8 Å². The van der Waals surface area contributed by atoms with Crippen molar-refractivity contribution in [3.05, 3.63) is 58.5 Å². The summed E-state index contributed by atoms with van der Waals surface area (Å²) in [5.41, 5.74) is 2.52. The minimum Gasteiger partial charge on any atom is -0.350 e. The third-order valence-electron chi connectivity index (χ3n) is 4.09. The van der Waals surface area contributed by atoms with E-state index in [1.165, 1.54) is 0 Å². The van der Waals surface area contributed by atoms with Crippen LogP contribution in [0.2, 0.25) is 0 Å². The Morgan fingerprint density at radius 2 is 2.12 bits per heavy atom. The molecule has 0 bridgehead atoms. The van der Waals surface area contributed by atoms with Crippen LogP contribution in [0, 0.1) is 5.92 Å². The molecule has 0 unspecified atom stereocenters. The number of hydrogen-bond acceptors (Lipinski definition) is 4. The van der Waals surface area contributed by atoms with Gasteiger partial charge < -0.3 is 14.9 Å². The highest BCUT2D eigenvalue weighted by atomic mass is 16.1. The number of fused-ring (bicyclic) bond motifs is 1. The van der Waals surface area contributed by atoms with Gasteiger partial charge in [0.15, 0.2) is 0 Å². The van der Waals surface area contributed by atoms with Gasteiger partial charge in [-0.3, -0.25) is 9.59 Å². The van der Waals surface area contributed by atoms with Gasteiger partial charge in [-0.25, -0.2) is 9.97 Å². The largest absolute Gasteiger partial charge is 0.350 e. The van der Waals surface area contributed by atoms with Crippen molar-refractivity contribution in [2.24, 2.45) is 5.92 Å². The number of aromatic amines is 1.